The number of likely N-dealkylation sites (N-methyl/N-ethyl adjacent to an activating group) is 1. The van der Waals surface area contributed by atoms with Crippen molar-refractivity contribution in [1.82, 2.24) is 30.2 Å². The summed E-state index contributed by atoms with van der Waals surface area (Å²) in [6.07, 6.45) is 14.4. The molecule has 2 heterocycles. The summed E-state index contributed by atoms with van der Waals surface area (Å²) in [5, 5.41) is 6.17. The highest BCUT2D eigenvalue weighted by atomic mass is 16.2. The van der Waals surface area contributed by atoms with Gasteiger partial charge in [0.25, 0.3) is 0 Å². The minimum atomic E-state index is -0.636. The van der Waals surface area contributed by atoms with Crippen LogP contribution in [-0.4, -0.2) is 125 Å². The number of nitrogens with one attached hydrogen (secondary N) is 2. The molecule has 2 saturated heterocycles. The topological polar surface area (TPSA) is 139 Å². The van der Waals surface area contributed by atoms with Crippen molar-refractivity contribution in [3.63, 3.8) is 0 Å². The van der Waals surface area contributed by atoms with E-state index in [0.29, 0.717) is 84.2 Å². The van der Waals surface area contributed by atoms with E-state index in [0.717, 1.165) is 88.2 Å². The van der Waals surface area contributed by atoms with Crippen molar-refractivity contribution in [1.29, 1.82) is 0 Å². The van der Waals surface area contributed by atoms with Crippen LogP contribution in [0.5, 0.6) is 0 Å². The molecule has 2 aliphatic heterocycles. The lowest BCUT2D eigenvalue weighted by Gasteiger charge is -2.33. The van der Waals surface area contributed by atoms with Crippen LogP contribution >= 0.6 is 0 Å². The minimum Gasteiger partial charge on any atom is -0.344 e. The second kappa shape index (κ2) is 33.3. The van der Waals surface area contributed by atoms with E-state index in [1.54, 1.807) is 7.05 Å². The van der Waals surface area contributed by atoms with E-state index in [2.05, 4.69) is 59.2 Å². The van der Waals surface area contributed by atoms with E-state index in [-0.39, 0.29) is 65.8 Å². The number of ketones is 1. The van der Waals surface area contributed by atoms with Crippen LogP contribution < -0.4 is 10.6 Å². The number of amides is 5. The third-order valence-electron chi connectivity index (χ3n) is 16.5. The van der Waals surface area contributed by atoms with Gasteiger partial charge in [-0.25, -0.2) is 0 Å². The highest BCUT2D eigenvalue weighted by molar-refractivity contribution is 5.90. The average molecular weight is 1070 g/mol. The molecule has 12 heteroatoms. The largest absolute Gasteiger partial charge is 0.344 e. The van der Waals surface area contributed by atoms with Gasteiger partial charge in [0.1, 0.15) is 11.8 Å². The summed E-state index contributed by atoms with van der Waals surface area (Å²) >= 11 is 0. The average Bonchev–Trinajstić information content (AvgIpc) is 4.16. The number of hydrogen-bond donors (Lipinski definition) is 2. The number of rotatable bonds is 34. The summed E-state index contributed by atoms with van der Waals surface area (Å²) in [6, 6.07) is 39.5. The number of Topliss-reactive ketones (excluding diaryl/α,β-unsaturated/α-hetero) is 1. The standard InChI is InChI=1S/C66H92N6O6/c1-5-51(2)64(76)68-60(41-39-54-28-16-11-17-29-54)66(78)72-45-25-35-59(72)50-70(47-43-56-32-20-13-21-33-56)63(75)37-23-9-7-6-8-22-36-62(74)69(46-42-55-30-18-12-19-31-55)49-58-34-24-44-71(58)65(77)57(48-61(73)52(3)67-4)40-38-53-26-14-10-15-27-53/h10-21,26-33,51-52,57-60,67H,5-9,22-25,34-50H2,1-4H3,(H,68,76)/t51-,52+,57-,58+,59+,60+/m1/s1. The van der Waals surface area contributed by atoms with Crippen LogP contribution in [0.25, 0.3) is 0 Å². The van der Waals surface area contributed by atoms with Gasteiger partial charge in [-0.3, -0.25) is 28.8 Å². The molecule has 2 aliphatic rings. The van der Waals surface area contributed by atoms with Crippen molar-refractivity contribution in [3.8, 4) is 0 Å². The van der Waals surface area contributed by atoms with Crippen LogP contribution in [0, 0.1) is 11.8 Å². The van der Waals surface area contributed by atoms with Gasteiger partial charge in [-0.15, -0.1) is 0 Å². The number of aryl methyl sites for hydroxylation is 2. The van der Waals surface area contributed by atoms with Crippen LogP contribution in [0.2, 0.25) is 0 Å². The van der Waals surface area contributed by atoms with Gasteiger partial charge in [0.15, 0.2) is 0 Å². The quantitative estimate of drug-likeness (QED) is 0.0444. The zero-order chi connectivity index (χ0) is 55.5. The van der Waals surface area contributed by atoms with Crippen molar-refractivity contribution in [2.24, 2.45) is 11.8 Å². The lowest BCUT2D eigenvalue weighted by molar-refractivity contribution is -0.141. The lowest BCUT2D eigenvalue weighted by Crippen LogP contribution is -2.53. The Labute approximate surface area is 467 Å². The maximum Gasteiger partial charge on any atom is 0.245 e. The predicted molar refractivity (Wildman–Crippen MR) is 312 cm³/mol. The van der Waals surface area contributed by atoms with E-state index in [1.807, 2.05) is 113 Å². The van der Waals surface area contributed by atoms with E-state index in [4.69, 9.17) is 0 Å². The van der Waals surface area contributed by atoms with E-state index >= 15 is 0 Å². The molecule has 0 saturated carbocycles. The zero-order valence-corrected chi connectivity index (χ0v) is 47.6. The fraction of sp³-hybridized carbons (Fsp3) is 0.545. The molecule has 2 N–H and O–H groups in total. The van der Waals surface area contributed by atoms with Crippen molar-refractivity contribution in [2.75, 3.05) is 46.3 Å². The molecule has 422 valence electrons. The Morgan fingerprint density at radius 1 is 0.551 bits per heavy atom. The van der Waals surface area contributed by atoms with Crippen LogP contribution in [0.3, 0.4) is 0 Å². The summed E-state index contributed by atoms with van der Waals surface area (Å²) in [4.78, 5) is 91.5. The first-order chi connectivity index (χ1) is 37.9. The Bertz CT molecular complexity index is 2250. The first kappa shape index (κ1) is 61.1. The smallest absolute Gasteiger partial charge is 0.245 e. The second-order valence-electron chi connectivity index (χ2n) is 22.2. The summed E-state index contributed by atoms with van der Waals surface area (Å²) in [6.45, 7) is 9.09. The predicted octanol–water partition coefficient (Wildman–Crippen LogP) is 10.2. The zero-order valence-electron chi connectivity index (χ0n) is 47.6. The molecule has 0 spiro atoms. The number of likely N-dealkylation sites (tertiary alicyclic amines) is 2. The summed E-state index contributed by atoms with van der Waals surface area (Å²) in [5.74, 6) is -0.484. The molecule has 0 aliphatic carbocycles. The Hall–Kier alpha value is -6.14. The number of carbonyl (C=O) groups excluding carboxylic acids is 6. The number of benzene rings is 4. The van der Waals surface area contributed by atoms with Crippen molar-refractivity contribution < 1.29 is 28.8 Å². The SMILES string of the molecule is CC[C@@H](C)C(=O)N[C@@H](CCc1ccccc1)C(=O)N1CCC[C@H]1CN(CCc1ccccc1)C(=O)CCCCCCCCC(=O)N(CCc1ccccc1)C[C@@H]1CCCN1C(=O)[C@H](CCc1ccccc1)CC(=O)[C@H](C)NC. The number of hydrogen-bond acceptors (Lipinski definition) is 7. The molecule has 12 nitrogen and oxygen atoms in total. The molecule has 6 rings (SSSR count). The molecule has 0 unspecified atom stereocenters. The Morgan fingerprint density at radius 2 is 0.962 bits per heavy atom. The summed E-state index contributed by atoms with van der Waals surface area (Å²) < 4.78 is 0. The van der Waals surface area contributed by atoms with E-state index in [9.17, 15) is 28.8 Å². The fourth-order valence-electron chi connectivity index (χ4n) is 11.2. The van der Waals surface area contributed by atoms with Gasteiger partial charge in [-0.2, -0.15) is 0 Å². The fourth-order valence-corrected chi connectivity index (χ4v) is 11.2. The van der Waals surface area contributed by atoms with E-state index < -0.39 is 12.0 Å². The third-order valence-corrected chi connectivity index (χ3v) is 16.5. The van der Waals surface area contributed by atoms with Crippen LogP contribution in [0.15, 0.2) is 121 Å². The number of nitrogens with zero attached hydrogens (tertiary/aromatic N) is 4. The molecule has 0 radical (unpaired) electrons. The molecular weight excluding hydrogens is 973 g/mol. The van der Waals surface area contributed by atoms with Crippen molar-refractivity contribution in [3.05, 3.63) is 144 Å². The van der Waals surface area contributed by atoms with Crippen LogP contribution in [-0.2, 0) is 54.5 Å². The highest BCUT2D eigenvalue weighted by Gasteiger charge is 2.38. The lowest BCUT2D eigenvalue weighted by atomic mass is 9.91. The maximum absolute atomic E-state index is 14.5. The second-order valence-corrected chi connectivity index (χ2v) is 22.2. The monoisotopic (exact) mass is 1060 g/mol. The molecule has 6 atom stereocenters. The molecule has 4 aromatic rings. The van der Waals surface area contributed by atoms with Crippen LogP contribution in [0.4, 0.5) is 0 Å². The van der Waals surface area contributed by atoms with Gasteiger partial charge in [-0.1, -0.05) is 161 Å². The molecule has 2 fully saturated rings. The highest BCUT2D eigenvalue weighted by Crippen LogP contribution is 2.27. The van der Waals surface area contributed by atoms with Crippen molar-refractivity contribution in [2.45, 2.75) is 173 Å². The summed E-state index contributed by atoms with van der Waals surface area (Å²) in [7, 11) is 1.77. The first-order valence-electron chi connectivity index (χ1n) is 29.8. The molecule has 5 amide bonds. The van der Waals surface area contributed by atoms with Crippen LogP contribution in [0.1, 0.15) is 146 Å². The third kappa shape index (κ3) is 19.9. The minimum absolute atomic E-state index is 0.0261. The van der Waals surface area contributed by atoms with Gasteiger partial charge in [0.2, 0.25) is 29.5 Å². The Morgan fingerprint density at radius 3 is 1.40 bits per heavy atom. The number of carbonyl (C=O) groups is 6. The molecular formula is C66H92N6O6. The molecule has 78 heavy (non-hydrogen) atoms. The normalized spacial score (nSPS) is 16.8. The van der Waals surface area contributed by atoms with Gasteiger partial charge in [0.05, 0.1) is 6.04 Å². The van der Waals surface area contributed by atoms with Gasteiger partial charge in [0, 0.05) is 82.5 Å². The van der Waals surface area contributed by atoms with Gasteiger partial charge < -0.3 is 30.2 Å². The summed E-state index contributed by atoms with van der Waals surface area (Å²) in [5.41, 5.74) is 4.61. The molecule has 0 bridgehead atoms. The molecule has 0 aromatic heterocycles. The van der Waals surface area contributed by atoms with Gasteiger partial charge in [-0.05, 0) is 120 Å². The first-order valence-corrected chi connectivity index (χ1v) is 29.8. The Kier molecular flexibility index (Phi) is 26.1. The Balaban J connectivity index is 1.00. The van der Waals surface area contributed by atoms with Gasteiger partial charge >= 0.3 is 0 Å². The van der Waals surface area contributed by atoms with Crippen molar-refractivity contribution >= 4 is 35.3 Å². The van der Waals surface area contributed by atoms with E-state index in [1.165, 1.54) is 11.1 Å². The number of unbranched alkanes of at least 4 members (excludes halogenated alkanes) is 5. The maximum atomic E-state index is 14.5. The molecule has 4 aromatic carbocycles.